The molecule has 0 heterocycles. The zero-order valence-electron chi connectivity index (χ0n) is 10.4. The number of carbonyl (C=O) groups is 1. The van der Waals surface area contributed by atoms with Crippen LogP contribution in [0.5, 0.6) is 0 Å². The fraction of sp³-hybridized carbons (Fsp3) is 0.133. The third kappa shape index (κ3) is 2.40. The molecule has 18 heavy (non-hydrogen) atoms. The zero-order chi connectivity index (χ0) is 13.1. The van der Waals surface area contributed by atoms with Gasteiger partial charge in [0.05, 0.1) is 0 Å². The molecule has 0 aromatic heterocycles. The van der Waals surface area contributed by atoms with Crippen LogP contribution in [0.3, 0.4) is 0 Å². The highest BCUT2D eigenvalue weighted by atomic mass is 19.1. The average molecular weight is 243 g/mol. The molecule has 2 nitrogen and oxygen atoms in total. The van der Waals surface area contributed by atoms with E-state index in [1.54, 1.807) is 6.07 Å². The first-order valence-electron chi connectivity index (χ1n) is 5.64. The smallest absolute Gasteiger partial charge is 0.150 e. The molecule has 0 spiro atoms. The molecule has 2 aromatic rings. The lowest BCUT2D eigenvalue weighted by Crippen LogP contribution is -2.07. The van der Waals surface area contributed by atoms with Crippen molar-refractivity contribution in [2.75, 3.05) is 19.0 Å². The van der Waals surface area contributed by atoms with Gasteiger partial charge < -0.3 is 4.90 Å². The van der Waals surface area contributed by atoms with Crippen LogP contribution in [0, 0.1) is 5.82 Å². The molecule has 0 saturated heterocycles. The van der Waals surface area contributed by atoms with Crippen LogP contribution in [0.2, 0.25) is 0 Å². The van der Waals surface area contributed by atoms with Crippen LogP contribution >= 0.6 is 0 Å². The summed E-state index contributed by atoms with van der Waals surface area (Å²) in [7, 11) is 3.89. The predicted molar refractivity (Wildman–Crippen MR) is 71.6 cm³/mol. The quantitative estimate of drug-likeness (QED) is 0.770. The minimum atomic E-state index is -0.321. The van der Waals surface area contributed by atoms with Crippen molar-refractivity contribution in [1.29, 1.82) is 0 Å². The minimum absolute atomic E-state index is 0.321. The lowest BCUT2D eigenvalue weighted by atomic mass is 10.0. The summed E-state index contributed by atoms with van der Waals surface area (Å²) in [4.78, 5) is 12.7. The SMILES string of the molecule is CN(C)c1ccc(-c2cc(C=O)ccc2F)cc1. The van der Waals surface area contributed by atoms with Gasteiger partial charge in [-0.3, -0.25) is 4.79 Å². The number of carbonyl (C=O) groups excluding carboxylic acids is 1. The molecule has 3 heteroatoms. The second-order valence-corrected chi connectivity index (χ2v) is 4.30. The first kappa shape index (κ1) is 12.3. The molecule has 0 fully saturated rings. The number of aldehydes is 1. The van der Waals surface area contributed by atoms with Crippen molar-refractivity contribution in [3.8, 4) is 11.1 Å². The van der Waals surface area contributed by atoms with Gasteiger partial charge in [-0.25, -0.2) is 4.39 Å². The molecule has 0 radical (unpaired) electrons. The van der Waals surface area contributed by atoms with E-state index in [-0.39, 0.29) is 5.82 Å². The van der Waals surface area contributed by atoms with E-state index in [1.807, 2.05) is 43.3 Å². The maximum Gasteiger partial charge on any atom is 0.150 e. The Labute approximate surface area is 106 Å². The van der Waals surface area contributed by atoms with E-state index < -0.39 is 0 Å². The molecule has 0 N–H and O–H groups in total. The van der Waals surface area contributed by atoms with E-state index in [1.165, 1.54) is 12.1 Å². The fourth-order valence-corrected chi connectivity index (χ4v) is 1.78. The van der Waals surface area contributed by atoms with E-state index in [9.17, 15) is 9.18 Å². The molecule has 0 saturated carbocycles. The molecule has 0 aliphatic heterocycles. The third-order valence-electron chi connectivity index (χ3n) is 2.82. The standard InChI is InChI=1S/C15H14FNO/c1-17(2)13-6-4-12(5-7-13)14-9-11(10-18)3-8-15(14)16/h3-10H,1-2H3. The number of rotatable bonds is 3. The van der Waals surface area contributed by atoms with Gasteiger partial charge in [0.25, 0.3) is 0 Å². The Kier molecular flexibility index (Phi) is 3.42. The van der Waals surface area contributed by atoms with Gasteiger partial charge in [-0.1, -0.05) is 12.1 Å². The van der Waals surface area contributed by atoms with E-state index in [4.69, 9.17) is 0 Å². The molecule has 0 aliphatic carbocycles. The molecule has 2 aromatic carbocycles. The van der Waals surface area contributed by atoms with Crippen molar-refractivity contribution in [2.45, 2.75) is 0 Å². The predicted octanol–water partition coefficient (Wildman–Crippen LogP) is 3.37. The number of anilines is 1. The van der Waals surface area contributed by atoms with Crippen LogP contribution in [0.4, 0.5) is 10.1 Å². The summed E-state index contributed by atoms with van der Waals surface area (Å²) in [5.41, 5.74) is 2.74. The Morgan fingerprint density at radius 2 is 1.72 bits per heavy atom. The van der Waals surface area contributed by atoms with E-state index >= 15 is 0 Å². The Morgan fingerprint density at radius 3 is 2.28 bits per heavy atom. The van der Waals surface area contributed by atoms with Crippen molar-refractivity contribution in [1.82, 2.24) is 0 Å². The topological polar surface area (TPSA) is 20.3 Å². The van der Waals surface area contributed by atoms with Gasteiger partial charge in [0.15, 0.2) is 0 Å². The number of benzene rings is 2. The molecule has 92 valence electrons. The highest BCUT2D eigenvalue weighted by Crippen LogP contribution is 2.25. The molecule has 0 amide bonds. The lowest BCUT2D eigenvalue weighted by Gasteiger charge is -2.13. The van der Waals surface area contributed by atoms with E-state index in [0.29, 0.717) is 11.1 Å². The molecule has 0 unspecified atom stereocenters. The average Bonchev–Trinajstić information content (AvgIpc) is 2.39. The Morgan fingerprint density at radius 1 is 1.06 bits per heavy atom. The van der Waals surface area contributed by atoms with E-state index in [2.05, 4.69) is 0 Å². The van der Waals surface area contributed by atoms with Gasteiger partial charge >= 0.3 is 0 Å². The van der Waals surface area contributed by atoms with Crippen molar-refractivity contribution in [3.05, 3.63) is 53.8 Å². The summed E-state index contributed by atoms with van der Waals surface area (Å²) in [5, 5.41) is 0. The Hall–Kier alpha value is -2.16. The fourth-order valence-electron chi connectivity index (χ4n) is 1.78. The molecule has 0 aliphatic rings. The van der Waals surface area contributed by atoms with Crippen molar-refractivity contribution in [3.63, 3.8) is 0 Å². The van der Waals surface area contributed by atoms with Crippen molar-refractivity contribution >= 4 is 12.0 Å². The van der Waals surface area contributed by atoms with Crippen LogP contribution in [-0.2, 0) is 0 Å². The van der Waals surface area contributed by atoms with Gasteiger partial charge in [-0.2, -0.15) is 0 Å². The monoisotopic (exact) mass is 243 g/mol. The van der Waals surface area contributed by atoms with Gasteiger partial charge in [0, 0.05) is 30.9 Å². The van der Waals surface area contributed by atoms with Crippen molar-refractivity contribution in [2.24, 2.45) is 0 Å². The number of hydrogen-bond acceptors (Lipinski definition) is 2. The molecular formula is C15H14FNO. The summed E-state index contributed by atoms with van der Waals surface area (Å²) >= 11 is 0. The number of hydrogen-bond donors (Lipinski definition) is 0. The molecule has 0 bridgehead atoms. The highest BCUT2D eigenvalue weighted by molar-refractivity contribution is 5.79. The van der Waals surface area contributed by atoms with Crippen LogP contribution in [0.15, 0.2) is 42.5 Å². The lowest BCUT2D eigenvalue weighted by molar-refractivity contribution is 0.112. The Balaban J connectivity index is 2.44. The number of halogens is 1. The molecular weight excluding hydrogens is 229 g/mol. The summed E-state index contributed by atoms with van der Waals surface area (Å²) in [6, 6.07) is 11.9. The van der Waals surface area contributed by atoms with Gasteiger partial charge in [-0.05, 0) is 35.9 Å². The second kappa shape index (κ2) is 5.00. The van der Waals surface area contributed by atoms with Crippen molar-refractivity contribution < 1.29 is 9.18 Å². The summed E-state index contributed by atoms with van der Waals surface area (Å²) in [6.07, 6.45) is 0.719. The molecule has 0 atom stereocenters. The third-order valence-corrected chi connectivity index (χ3v) is 2.82. The van der Waals surface area contributed by atoms with E-state index in [0.717, 1.165) is 17.5 Å². The normalized spacial score (nSPS) is 10.2. The molecule has 2 rings (SSSR count). The van der Waals surface area contributed by atoms with Crippen LogP contribution in [0.25, 0.3) is 11.1 Å². The summed E-state index contributed by atoms with van der Waals surface area (Å²) in [5.74, 6) is -0.321. The van der Waals surface area contributed by atoms with Gasteiger partial charge in [0.1, 0.15) is 12.1 Å². The maximum atomic E-state index is 13.7. The number of nitrogens with zero attached hydrogens (tertiary/aromatic N) is 1. The van der Waals surface area contributed by atoms with Crippen LogP contribution in [0.1, 0.15) is 10.4 Å². The van der Waals surface area contributed by atoms with Gasteiger partial charge in [-0.15, -0.1) is 0 Å². The largest absolute Gasteiger partial charge is 0.378 e. The van der Waals surface area contributed by atoms with Gasteiger partial charge in [0.2, 0.25) is 0 Å². The Bertz CT molecular complexity index is 561. The highest BCUT2D eigenvalue weighted by Gasteiger charge is 2.06. The van der Waals surface area contributed by atoms with Crippen LogP contribution in [-0.4, -0.2) is 20.4 Å². The first-order valence-corrected chi connectivity index (χ1v) is 5.64. The zero-order valence-corrected chi connectivity index (χ0v) is 10.4. The second-order valence-electron chi connectivity index (χ2n) is 4.30. The maximum absolute atomic E-state index is 13.7. The summed E-state index contributed by atoms with van der Waals surface area (Å²) in [6.45, 7) is 0. The van der Waals surface area contributed by atoms with Crippen LogP contribution < -0.4 is 4.90 Å². The minimum Gasteiger partial charge on any atom is -0.378 e. The summed E-state index contributed by atoms with van der Waals surface area (Å²) < 4.78 is 13.7. The first-order chi connectivity index (χ1) is 8.61.